The Hall–Kier alpha value is -9.64. The summed E-state index contributed by atoms with van der Waals surface area (Å²) >= 11 is 0. The second-order valence-corrected chi connectivity index (χ2v) is 18.4. The van der Waals surface area contributed by atoms with E-state index < -0.39 is 0 Å². The van der Waals surface area contributed by atoms with E-state index in [1.807, 2.05) is 24.3 Å². The third-order valence-electron chi connectivity index (χ3n) is 14.3. The lowest BCUT2D eigenvalue weighted by Crippen LogP contribution is -2.10. The van der Waals surface area contributed by atoms with E-state index in [1.54, 1.807) is 0 Å². The molecule has 0 bridgehead atoms. The zero-order valence-corrected chi connectivity index (χ0v) is 39.1. The molecule has 14 aromatic rings. The highest BCUT2D eigenvalue weighted by Gasteiger charge is 2.20. The lowest BCUT2D eigenvalue weighted by Gasteiger charge is -2.28. The minimum absolute atomic E-state index is 0.900. The molecule has 14 rings (SSSR count). The van der Waals surface area contributed by atoms with E-state index in [2.05, 4.69) is 252 Å². The molecule has 0 aliphatic rings. The van der Waals surface area contributed by atoms with Gasteiger partial charge in [0.25, 0.3) is 0 Å². The lowest BCUT2D eigenvalue weighted by atomic mass is 10.0. The third-order valence-corrected chi connectivity index (χ3v) is 14.3. The van der Waals surface area contributed by atoms with Gasteiger partial charge in [-0.3, -0.25) is 0 Å². The Balaban J connectivity index is 0.804. The van der Waals surface area contributed by atoms with Crippen molar-refractivity contribution < 1.29 is 8.83 Å². The minimum atomic E-state index is 0.900. The van der Waals surface area contributed by atoms with Crippen LogP contribution in [0.4, 0.5) is 34.1 Å². The molecular weight excluding hydrogens is 877 g/mol. The number of hydrogen-bond donors (Lipinski definition) is 0. The molecule has 0 N–H and O–H groups in total. The monoisotopic (exact) mass is 920 g/mol. The van der Waals surface area contributed by atoms with Crippen molar-refractivity contribution in [3.8, 4) is 33.4 Å². The largest absolute Gasteiger partial charge is 0.456 e. The first-order chi connectivity index (χ1) is 35.7. The van der Waals surface area contributed by atoms with Gasteiger partial charge in [0.2, 0.25) is 0 Å². The molecule has 0 atom stereocenters. The van der Waals surface area contributed by atoms with Crippen molar-refractivity contribution in [1.29, 1.82) is 0 Å². The quantitative estimate of drug-likeness (QED) is 0.144. The molecule has 0 radical (unpaired) electrons. The summed E-state index contributed by atoms with van der Waals surface area (Å²) in [6.07, 6.45) is 0. The van der Waals surface area contributed by atoms with Crippen molar-refractivity contribution in [3.63, 3.8) is 0 Å². The SMILES string of the molecule is c1ccc2c(N(c3ccc(-c4ccc(N(c5ccc(-c6cccc7c6oc6ccccc67)cc5)c5cccc6ccccc56)cc4)cc3)c3ccc(-c4ccc5oc6ccccc6c5c4)cc3)cccc2c1. The van der Waals surface area contributed by atoms with Crippen LogP contribution in [0.3, 0.4) is 0 Å². The van der Waals surface area contributed by atoms with Crippen LogP contribution in [0.25, 0.3) is 98.8 Å². The van der Waals surface area contributed by atoms with Crippen LogP contribution in [0.2, 0.25) is 0 Å². The second-order valence-electron chi connectivity index (χ2n) is 18.4. The molecule has 0 aliphatic carbocycles. The Morgan fingerprint density at radius 3 is 1.15 bits per heavy atom. The fourth-order valence-electron chi connectivity index (χ4n) is 10.7. The summed E-state index contributed by atoms with van der Waals surface area (Å²) < 4.78 is 12.6. The normalized spacial score (nSPS) is 11.6. The van der Waals surface area contributed by atoms with Crippen LogP contribution in [0.5, 0.6) is 0 Å². The van der Waals surface area contributed by atoms with Gasteiger partial charge in [-0.15, -0.1) is 0 Å². The Labute approximate surface area is 416 Å². The molecule has 4 nitrogen and oxygen atoms in total. The first kappa shape index (κ1) is 41.3. The van der Waals surface area contributed by atoms with Crippen LogP contribution in [-0.2, 0) is 0 Å². The summed E-state index contributed by atoms with van der Waals surface area (Å²) in [6.45, 7) is 0. The van der Waals surface area contributed by atoms with Crippen LogP contribution in [-0.4, -0.2) is 0 Å². The van der Waals surface area contributed by atoms with Crippen molar-refractivity contribution in [1.82, 2.24) is 0 Å². The fourth-order valence-corrected chi connectivity index (χ4v) is 10.7. The number of anilines is 6. The zero-order valence-electron chi connectivity index (χ0n) is 39.1. The van der Waals surface area contributed by atoms with E-state index in [9.17, 15) is 0 Å². The number of fused-ring (bicyclic) bond motifs is 8. The van der Waals surface area contributed by atoms with Gasteiger partial charge in [0, 0.05) is 60.6 Å². The molecule has 0 aliphatic heterocycles. The van der Waals surface area contributed by atoms with Gasteiger partial charge in [0.1, 0.15) is 22.3 Å². The molecule has 72 heavy (non-hydrogen) atoms. The van der Waals surface area contributed by atoms with E-state index in [1.165, 1.54) is 21.5 Å². The molecule has 0 saturated carbocycles. The van der Waals surface area contributed by atoms with Gasteiger partial charge in [-0.1, -0.05) is 182 Å². The average Bonchev–Trinajstić information content (AvgIpc) is 4.03. The number of rotatable bonds is 9. The van der Waals surface area contributed by atoms with Crippen LogP contribution in [0.1, 0.15) is 0 Å². The van der Waals surface area contributed by atoms with Gasteiger partial charge >= 0.3 is 0 Å². The molecule has 0 saturated heterocycles. The highest BCUT2D eigenvalue weighted by Crippen LogP contribution is 2.44. The zero-order chi connectivity index (χ0) is 47.5. The molecule has 4 heteroatoms. The van der Waals surface area contributed by atoms with Gasteiger partial charge < -0.3 is 18.6 Å². The number of nitrogens with zero attached hydrogens (tertiary/aromatic N) is 2. The Kier molecular flexibility index (Phi) is 9.82. The molecule has 2 heterocycles. The molecule has 0 spiro atoms. The van der Waals surface area contributed by atoms with Crippen LogP contribution < -0.4 is 9.80 Å². The van der Waals surface area contributed by atoms with Crippen molar-refractivity contribution in [3.05, 3.63) is 267 Å². The fraction of sp³-hybridized carbons (Fsp3) is 0. The molecule has 0 amide bonds. The van der Waals surface area contributed by atoms with Crippen LogP contribution in [0.15, 0.2) is 276 Å². The van der Waals surface area contributed by atoms with Gasteiger partial charge in [0.05, 0.1) is 11.4 Å². The third kappa shape index (κ3) is 7.08. The maximum absolute atomic E-state index is 6.44. The lowest BCUT2D eigenvalue weighted by molar-refractivity contribution is 0.669. The number of benzene rings is 12. The number of para-hydroxylation sites is 3. The predicted octanol–water partition coefficient (Wildman–Crippen LogP) is 19.7. The van der Waals surface area contributed by atoms with Gasteiger partial charge in [-0.2, -0.15) is 0 Å². The first-order valence-corrected chi connectivity index (χ1v) is 24.5. The van der Waals surface area contributed by atoms with E-state index in [-0.39, 0.29) is 0 Å². The Morgan fingerprint density at radius 2 is 0.611 bits per heavy atom. The maximum Gasteiger partial charge on any atom is 0.143 e. The molecule has 338 valence electrons. The molecule has 12 aromatic carbocycles. The van der Waals surface area contributed by atoms with E-state index >= 15 is 0 Å². The average molecular weight is 921 g/mol. The molecular formula is C68H44N2O2. The smallest absolute Gasteiger partial charge is 0.143 e. The van der Waals surface area contributed by atoms with E-state index in [4.69, 9.17) is 8.83 Å². The van der Waals surface area contributed by atoms with Gasteiger partial charge in [-0.05, 0) is 124 Å². The summed E-state index contributed by atoms with van der Waals surface area (Å²) in [5, 5.41) is 9.28. The van der Waals surface area contributed by atoms with E-state index in [0.717, 1.165) is 111 Å². The Morgan fingerprint density at radius 1 is 0.236 bits per heavy atom. The number of furan rings is 2. The minimum Gasteiger partial charge on any atom is -0.456 e. The molecule has 0 fully saturated rings. The summed E-state index contributed by atoms with van der Waals surface area (Å²) in [7, 11) is 0. The molecule has 0 unspecified atom stereocenters. The van der Waals surface area contributed by atoms with E-state index in [0.29, 0.717) is 0 Å². The van der Waals surface area contributed by atoms with Crippen molar-refractivity contribution in [2.24, 2.45) is 0 Å². The van der Waals surface area contributed by atoms with Crippen molar-refractivity contribution in [2.45, 2.75) is 0 Å². The van der Waals surface area contributed by atoms with Gasteiger partial charge in [0.15, 0.2) is 0 Å². The predicted molar refractivity (Wildman–Crippen MR) is 302 cm³/mol. The molecule has 2 aromatic heterocycles. The summed E-state index contributed by atoms with van der Waals surface area (Å²) in [5.41, 5.74) is 16.9. The first-order valence-electron chi connectivity index (χ1n) is 24.5. The summed E-state index contributed by atoms with van der Waals surface area (Å²) in [6, 6.07) is 95.5. The van der Waals surface area contributed by atoms with Gasteiger partial charge in [-0.25, -0.2) is 0 Å². The standard InChI is InChI=1S/C68H44N2O2/c1-3-16-56-48(12-1)14-9-22-63(56)69(54-39-30-47(31-40-54)51-34-43-67-62(44-51)60-19-6-7-24-65(60)71-67)52-35-26-45(27-36-52)46-28-37-53(38-29-46)70(64-23-10-15-49-13-2-4-17-57(49)64)55-41-32-50(33-42-55)58-20-11-21-61-59-18-5-8-25-66(59)72-68(58)61/h1-44H. The highest BCUT2D eigenvalue weighted by molar-refractivity contribution is 6.10. The number of hydrogen-bond acceptors (Lipinski definition) is 4. The summed E-state index contributed by atoms with van der Waals surface area (Å²) in [4.78, 5) is 4.74. The Bertz CT molecular complexity index is 4310. The second kappa shape index (κ2) is 17.1. The highest BCUT2D eigenvalue weighted by atomic mass is 16.3. The maximum atomic E-state index is 6.44. The van der Waals surface area contributed by atoms with Crippen LogP contribution in [0, 0.1) is 0 Å². The topological polar surface area (TPSA) is 32.8 Å². The summed E-state index contributed by atoms with van der Waals surface area (Å²) in [5.74, 6) is 0. The van der Waals surface area contributed by atoms with Crippen molar-refractivity contribution >= 4 is 99.5 Å². The van der Waals surface area contributed by atoms with Crippen molar-refractivity contribution in [2.75, 3.05) is 9.80 Å². The van der Waals surface area contributed by atoms with Crippen LogP contribution >= 0.6 is 0 Å².